The molecule has 2 aromatic rings. The minimum atomic E-state index is 0.105. The lowest BCUT2D eigenvalue weighted by molar-refractivity contribution is 0.0607. The fourth-order valence-corrected chi connectivity index (χ4v) is 3.74. The first-order valence-corrected chi connectivity index (χ1v) is 8.36. The molecule has 1 aromatic heterocycles. The van der Waals surface area contributed by atoms with Gasteiger partial charge in [0.15, 0.2) is 0 Å². The number of nitrogens with zero attached hydrogens (tertiary/aromatic N) is 3. The number of aromatic nitrogens is 2. The summed E-state index contributed by atoms with van der Waals surface area (Å²) < 4.78 is 1.76. The van der Waals surface area contributed by atoms with Gasteiger partial charge in [-0.15, -0.1) is 0 Å². The van der Waals surface area contributed by atoms with E-state index in [2.05, 4.69) is 10.4 Å². The third-order valence-corrected chi connectivity index (χ3v) is 5.29. The van der Waals surface area contributed by atoms with Crippen molar-refractivity contribution < 1.29 is 4.79 Å². The summed E-state index contributed by atoms with van der Waals surface area (Å²) in [5, 5.41) is 7.80. The summed E-state index contributed by atoms with van der Waals surface area (Å²) in [6.07, 6.45) is 6.98. The van der Waals surface area contributed by atoms with Crippen molar-refractivity contribution in [1.82, 2.24) is 20.0 Å². The Kier molecular flexibility index (Phi) is 3.65. The standard InChI is InChI=1S/C18H22N4O/c23-17(21-10-7-18(8-11-21)6-9-19-14-18)15-12-20-22(13-15)16-4-2-1-3-5-16/h1-5,12-13,19H,6-11,14H2. The molecule has 0 aliphatic carbocycles. The number of benzene rings is 1. The van der Waals surface area contributed by atoms with Crippen molar-refractivity contribution >= 4 is 5.91 Å². The van der Waals surface area contributed by atoms with Crippen molar-refractivity contribution in [2.24, 2.45) is 5.41 Å². The minimum absolute atomic E-state index is 0.105. The first-order valence-electron chi connectivity index (χ1n) is 8.36. The first-order chi connectivity index (χ1) is 11.3. The topological polar surface area (TPSA) is 50.2 Å². The van der Waals surface area contributed by atoms with E-state index in [0.29, 0.717) is 11.0 Å². The van der Waals surface area contributed by atoms with E-state index < -0.39 is 0 Å². The largest absolute Gasteiger partial charge is 0.339 e. The van der Waals surface area contributed by atoms with Crippen LogP contribution in [0.1, 0.15) is 29.6 Å². The van der Waals surface area contributed by atoms with Gasteiger partial charge in [-0.05, 0) is 43.4 Å². The quantitative estimate of drug-likeness (QED) is 0.924. The third kappa shape index (κ3) is 2.77. The minimum Gasteiger partial charge on any atom is -0.339 e. The summed E-state index contributed by atoms with van der Waals surface area (Å²) in [5.41, 5.74) is 2.08. The van der Waals surface area contributed by atoms with Gasteiger partial charge in [-0.25, -0.2) is 4.68 Å². The first kappa shape index (κ1) is 14.5. The van der Waals surface area contributed by atoms with E-state index in [-0.39, 0.29) is 5.91 Å². The highest BCUT2D eigenvalue weighted by Crippen LogP contribution is 2.37. The van der Waals surface area contributed by atoms with E-state index >= 15 is 0 Å². The SMILES string of the molecule is O=C(c1cnn(-c2ccccc2)c1)N1CCC2(CCNC2)CC1. The summed E-state index contributed by atoms with van der Waals surface area (Å²) in [4.78, 5) is 14.7. The number of hydrogen-bond donors (Lipinski definition) is 1. The van der Waals surface area contributed by atoms with E-state index in [1.54, 1.807) is 10.9 Å². The molecule has 1 amide bonds. The van der Waals surface area contributed by atoms with Crippen molar-refractivity contribution in [3.63, 3.8) is 0 Å². The molecule has 4 rings (SSSR count). The molecule has 120 valence electrons. The second-order valence-electron chi connectivity index (χ2n) is 6.73. The molecule has 1 N–H and O–H groups in total. The Bertz CT molecular complexity index is 678. The van der Waals surface area contributed by atoms with Crippen molar-refractivity contribution in [2.75, 3.05) is 26.2 Å². The molecule has 1 spiro atoms. The molecule has 0 bridgehead atoms. The predicted molar refractivity (Wildman–Crippen MR) is 88.6 cm³/mol. The van der Waals surface area contributed by atoms with Gasteiger partial charge < -0.3 is 10.2 Å². The second-order valence-corrected chi connectivity index (χ2v) is 6.73. The lowest BCUT2D eigenvalue weighted by Gasteiger charge is -2.38. The molecule has 5 heteroatoms. The van der Waals surface area contributed by atoms with Gasteiger partial charge in [-0.2, -0.15) is 5.10 Å². The van der Waals surface area contributed by atoms with Crippen LogP contribution in [-0.4, -0.2) is 46.8 Å². The van der Waals surface area contributed by atoms with E-state index in [9.17, 15) is 4.79 Å². The van der Waals surface area contributed by atoms with Crippen molar-refractivity contribution in [3.05, 3.63) is 48.3 Å². The zero-order valence-corrected chi connectivity index (χ0v) is 13.2. The number of carbonyl (C=O) groups is 1. The molecule has 2 aliphatic rings. The van der Waals surface area contributed by atoms with Crippen LogP contribution in [0, 0.1) is 5.41 Å². The van der Waals surface area contributed by atoms with Crippen molar-refractivity contribution in [1.29, 1.82) is 0 Å². The maximum atomic E-state index is 12.7. The summed E-state index contributed by atoms with van der Waals surface area (Å²) in [7, 11) is 0. The Labute approximate surface area is 136 Å². The van der Waals surface area contributed by atoms with Crippen LogP contribution < -0.4 is 5.32 Å². The number of amides is 1. The van der Waals surface area contributed by atoms with Crippen LogP contribution in [-0.2, 0) is 0 Å². The van der Waals surface area contributed by atoms with E-state index in [1.165, 1.54) is 6.42 Å². The molecule has 1 aromatic carbocycles. The van der Waals surface area contributed by atoms with E-state index in [1.807, 2.05) is 41.4 Å². The van der Waals surface area contributed by atoms with Crippen LogP contribution in [0.25, 0.3) is 5.69 Å². The lowest BCUT2D eigenvalue weighted by Crippen LogP contribution is -2.43. The van der Waals surface area contributed by atoms with Crippen LogP contribution in [0.15, 0.2) is 42.7 Å². The zero-order valence-electron chi connectivity index (χ0n) is 13.2. The van der Waals surface area contributed by atoms with Gasteiger partial charge in [0.1, 0.15) is 0 Å². The number of para-hydroxylation sites is 1. The molecule has 3 heterocycles. The molecule has 0 unspecified atom stereocenters. The molecule has 2 saturated heterocycles. The number of rotatable bonds is 2. The average Bonchev–Trinajstić information content (AvgIpc) is 3.26. The lowest BCUT2D eigenvalue weighted by atomic mass is 9.78. The van der Waals surface area contributed by atoms with Gasteiger partial charge in [0, 0.05) is 25.8 Å². The third-order valence-electron chi connectivity index (χ3n) is 5.29. The Morgan fingerprint density at radius 2 is 1.91 bits per heavy atom. The van der Waals surface area contributed by atoms with Crippen LogP contribution in [0.2, 0.25) is 0 Å². The summed E-state index contributed by atoms with van der Waals surface area (Å²) in [5.74, 6) is 0.105. The smallest absolute Gasteiger partial charge is 0.257 e. The van der Waals surface area contributed by atoms with Crippen molar-refractivity contribution in [2.45, 2.75) is 19.3 Å². The van der Waals surface area contributed by atoms with E-state index in [4.69, 9.17) is 0 Å². The Morgan fingerprint density at radius 1 is 1.13 bits per heavy atom. The molecule has 0 atom stereocenters. The van der Waals surface area contributed by atoms with Gasteiger partial charge in [-0.1, -0.05) is 18.2 Å². The zero-order chi connectivity index (χ0) is 15.7. The van der Waals surface area contributed by atoms with Gasteiger partial charge >= 0.3 is 0 Å². The van der Waals surface area contributed by atoms with Gasteiger partial charge in [-0.3, -0.25) is 4.79 Å². The molecule has 0 radical (unpaired) electrons. The van der Waals surface area contributed by atoms with Crippen LogP contribution >= 0.6 is 0 Å². The number of carbonyl (C=O) groups excluding carboxylic acids is 1. The summed E-state index contributed by atoms with van der Waals surface area (Å²) >= 11 is 0. The predicted octanol–water partition coefficient (Wildman–Crippen LogP) is 2.09. The Hall–Kier alpha value is -2.14. The van der Waals surface area contributed by atoms with Crippen LogP contribution in [0.5, 0.6) is 0 Å². The van der Waals surface area contributed by atoms with Gasteiger partial charge in [0.05, 0.1) is 17.4 Å². The normalized spacial score (nSPS) is 20.1. The van der Waals surface area contributed by atoms with Gasteiger partial charge in [0.2, 0.25) is 0 Å². The fraction of sp³-hybridized carbons (Fsp3) is 0.444. The number of likely N-dealkylation sites (tertiary alicyclic amines) is 1. The average molecular weight is 310 g/mol. The van der Waals surface area contributed by atoms with Crippen LogP contribution in [0.3, 0.4) is 0 Å². The highest BCUT2D eigenvalue weighted by Gasteiger charge is 2.38. The number of piperidine rings is 1. The molecule has 23 heavy (non-hydrogen) atoms. The highest BCUT2D eigenvalue weighted by atomic mass is 16.2. The number of nitrogens with one attached hydrogen (secondary N) is 1. The van der Waals surface area contributed by atoms with Gasteiger partial charge in [0.25, 0.3) is 5.91 Å². The maximum Gasteiger partial charge on any atom is 0.257 e. The Morgan fingerprint density at radius 3 is 2.61 bits per heavy atom. The maximum absolute atomic E-state index is 12.7. The summed E-state index contributed by atoms with van der Waals surface area (Å²) in [6, 6.07) is 9.88. The molecule has 5 nitrogen and oxygen atoms in total. The monoisotopic (exact) mass is 310 g/mol. The van der Waals surface area contributed by atoms with Crippen molar-refractivity contribution in [3.8, 4) is 5.69 Å². The molecule has 2 fully saturated rings. The summed E-state index contributed by atoms with van der Waals surface area (Å²) in [6.45, 7) is 3.95. The molecular formula is C18H22N4O. The molecular weight excluding hydrogens is 288 g/mol. The molecule has 0 saturated carbocycles. The van der Waals surface area contributed by atoms with Crippen LogP contribution in [0.4, 0.5) is 0 Å². The molecule has 2 aliphatic heterocycles. The number of hydrogen-bond acceptors (Lipinski definition) is 3. The highest BCUT2D eigenvalue weighted by molar-refractivity contribution is 5.93. The second kappa shape index (κ2) is 5.81. The van der Waals surface area contributed by atoms with E-state index in [0.717, 1.165) is 44.7 Å². The Balaban J connectivity index is 1.45. The fourth-order valence-electron chi connectivity index (χ4n) is 3.74.